The molecule has 1 rings (SSSR count). The Labute approximate surface area is 90.2 Å². The van der Waals surface area contributed by atoms with Crippen molar-refractivity contribution in [3.8, 4) is 0 Å². The van der Waals surface area contributed by atoms with E-state index in [-0.39, 0.29) is 5.91 Å². The van der Waals surface area contributed by atoms with Crippen molar-refractivity contribution in [2.45, 2.75) is 27.3 Å². The van der Waals surface area contributed by atoms with Crippen molar-refractivity contribution in [3.05, 3.63) is 41.2 Å². The molecular weight excluding hydrogens is 188 g/mol. The zero-order chi connectivity index (χ0) is 11.3. The number of hydrogen-bond acceptors (Lipinski definition) is 2. The third-order valence-corrected chi connectivity index (χ3v) is 2.25. The molecule has 1 aromatic heterocycles. The van der Waals surface area contributed by atoms with Crippen LogP contribution in [0.3, 0.4) is 0 Å². The molecular formula is C12H16N2O. The molecule has 0 bridgehead atoms. The van der Waals surface area contributed by atoms with E-state index in [9.17, 15) is 4.79 Å². The van der Waals surface area contributed by atoms with E-state index >= 15 is 0 Å². The maximum atomic E-state index is 11.6. The summed E-state index contributed by atoms with van der Waals surface area (Å²) in [6.45, 7) is 6.15. The molecule has 0 saturated heterocycles. The highest BCUT2D eigenvalue weighted by atomic mass is 16.1. The van der Waals surface area contributed by atoms with Gasteiger partial charge in [-0.2, -0.15) is 0 Å². The topological polar surface area (TPSA) is 42.0 Å². The van der Waals surface area contributed by atoms with E-state index in [4.69, 9.17) is 0 Å². The Bertz CT molecular complexity index is 364. The van der Waals surface area contributed by atoms with Crippen LogP contribution in [0.1, 0.15) is 26.5 Å². The van der Waals surface area contributed by atoms with E-state index in [1.165, 1.54) is 0 Å². The summed E-state index contributed by atoms with van der Waals surface area (Å²) in [5, 5.41) is 2.82. The van der Waals surface area contributed by atoms with Gasteiger partial charge in [0, 0.05) is 11.8 Å². The molecule has 0 aliphatic heterocycles. The fraction of sp³-hybridized carbons (Fsp3) is 0.333. The lowest BCUT2D eigenvalue weighted by molar-refractivity contribution is -0.117. The standard InChI is InChI=1S/C12H16N2O/c1-9(2)10(3)12(15)14-8-11-6-4-5-7-13-11/h4-7H,8H2,1-3H3,(H,14,15). The number of allylic oxidation sites excluding steroid dienone is 1. The molecule has 1 N–H and O–H groups in total. The number of pyridine rings is 1. The number of nitrogens with one attached hydrogen (secondary N) is 1. The fourth-order valence-corrected chi connectivity index (χ4v) is 1.03. The summed E-state index contributed by atoms with van der Waals surface area (Å²) >= 11 is 0. The van der Waals surface area contributed by atoms with Gasteiger partial charge in [0.15, 0.2) is 0 Å². The Morgan fingerprint density at radius 3 is 2.60 bits per heavy atom. The minimum Gasteiger partial charge on any atom is -0.347 e. The molecule has 1 heterocycles. The normalized spacial score (nSPS) is 9.53. The molecule has 3 nitrogen and oxygen atoms in total. The van der Waals surface area contributed by atoms with Crippen molar-refractivity contribution in [1.29, 1.82) is 0 Å². The average Bonchev–Trinajstić information content (AvgIpc) is 2.26. The molecule has 0 aliphatic rings. The highest BCUT2D eigenvalue weighted by Gasteiger charge is 2.04. The molecule has 3 heteroatoms. The van der Waals surface area contributed by atoms with E-state index < -0.39 is 0 Å². The van der Waals surface area contributed by atoms with Crippen LogP contribution in [-0.4, -0.2) is 10.9 Å². The van der Waals surface area contributed by atoms with E-state index in [1.54, 1.807) is 6.20 Å². The summed E-state index contributed by atoms with van der Waals surface area (Å²) in [5.41, 5.74) is 2.67. The van der Waals surface area contributed by atoms with E-state index in [0.29, 0.717) is 6.54 Å². The van der Waals surface area contributed by atoms with Gasteiger partial charge < -0.3 is 5.32 Å². The maximum absolute atomic E-state index is 11.6. The van der Waals surface area contributed by atoms with Gasteiger partial charge in [0.2, 0.25) is 5.91 Å². The van der Waals surface area contributed by atoms with Crippen molar-refractivity contribution < 1.29 is 4.79 Å². The van der Waals surface area contributed by atoms with Gasteiger partial charge in [0.1, 0.15) is 0 Å². The predicted octanol–water partition coefficient (Wildman–Crippen LogP) is 2.05. The van der Waals surface area contributed by atoms with Crippen molar-refractivity contribution in [2.75, 3.05) is 0 Å². The van der Waals surface area contributed by atoms with Gasteiger partial charge in [0.25, 0.3) is 0 Å². The molecule has 80 valence electrons. The van der Waals surface area contributed by atoms with Gasteiger partial charge in [-0.25, -0.2) is 0 Å². The van der Waals surface area contributed by atoms with Gasteiger partial charge in [-0.3, -0.25) is 9.78 Å². The first-order chi connectivity index (χ1) is 7.11. The Morgan fingerprint density at radius 2 is 2.07 bits per heavy atom. The van der Waals surface area contributed by atoms with Crippen molar-refractivity contribution in [1.82, 2.24) is 10.3 Å². The lowest BCUT2D eigenvalue weighted by Gasteiger charge is -2.05. The van der Waals surface area contributed by atoms with E-state index in [2.05, 4.69) is 10.3 Å². The SMILES string of the molecule is CC(C)=C(C)C(=O)NCc1ccccn1. The van der Waals surface area contributed by atoms with Gasteiger partial charge >= 0.3 is 0 Å². The number of rotatable bonds is 3. The van der Waals surface area contributed by atoms with Crippen LogP contribution >= 0.6 is 0 Å². The largest absolute Gasteiger partial charge is 0.347 e. The lowest BCUT2D eigenvalue weighted by atomic mass is 10.1. The van der Waals surface area contributed by atoms with Gasteiger partial charge in [0.05, 0.1) is 12.2 Å². The minimum absolute atomic E-state index is 0.0272. The number of hydrogen-bond donors (Lipinski definition) is 1. The van der Waals surface area contributed by atoms with Crippen LogP contribution in [0.4, 0.5) is 0 Å². The van der Waals surface area contributed by atoms with Gasteiger partial charge in [-0.15, -0.1) is 0 Å². The van der Waals surface area contributed by atoms with Crippen molar-refractivity contribution in [2.24, 2.45) is 0 Å². The molecule has 1 amide bonds. The van der Waals surface area contributed by atoms with Gasteiger partial charge in [-0.05, 0) is 32.9 Å². The van der Waals surface area contributed by atoms with Crippen LogP contribution in [0.5, 0.6) is 0 Å². The zero-order valence-electron chi connectivity index (χ0n) is 9.37. The first-order valence-corrected chi connectivity index (χ1v) is 4.93. The third-order valence-electron chi connectivity index (χ3n) is 2.25. The third kappa shape index (κ3) is 3.54. The van der Waals surface area contributed by atoms with E-state index in [1.807, 2.05) is 39.0 Å². The van der Waals surface area contributed by atoms with Crippen LogP contribution in [0.2, 0.25) is 0 Å². The van der Waals surface area contributed by atoms with Crippen LogP contribution < -0.4 is 5.32 Å². The Balaban J connectivity index is 2.52. The second-order valence-electron chi connectivity index (χ2n) is 3.63. The highest BCUT2D eigenvalue weighted by Crippen LogP contribution is 2.02. The average molecular weight is 204 g/mol. The molecule has 0 unspecified atom stereocenters. The molecule has 0 saturated carbocycles. The summed E-state index contributed by atoms with van der Waals surface area (Å²) in [4.78, 5) is 15.7. The zero-order valence-corrected chi connectivity index (χ0v) is 9.37. The summed E-state index contributed by atoms with van der Waals surface area (Å²) in [6, 6.07) is 5.65. The first-order valence-electron chi connectivity index (χ1n) is 4.93. The second kappa shape index (κ2) is 5.29. The Morgan fingerprint density at radius 1 is 1.33 bits per heavy atom. The predicted molar refractivity (Wildman–Crippen MR) is 60.1 cm³/mol. The number of aromatic nitrogens is 1. The summed E-state index contributed by atoms with van der Waals surface area (Å²) in [5.74, 6) is -0.0272. The quantitative estimate of drug-likeness (QED) is 0.766. The van der Waals surface area contributed by atoms with E-state index in [0.717, 1.165) is 16.8 Å². The monoisotopic (exact) mass is 204 g/mol. The number of carbonyl (C=O) groups is 1. The summed E-state index contributed by atoms with van der Waals surface area (Å²) < 4.78 is 0. The molecule has 0 fully saturated rings. The lowest BCUT2D eigenvalue weighted by Crippen LogP contribution is -2.24. The van der Waals surface area contributed by atoms with Crippen LogP contribution in [0.25, 0.3) is 0 Å². The number of amides is 1. The van der Waals surface area contributed by atoms with Crippen molar-refractivity contribution >= 4 is 5.91 Å². The second-order valence-corrected chi connectivity index (χ2v) is 3.63. The number of carbonyl (C=O) groups excluding carboxylic acids is 1. The molecule has 0 spiro atoms. The van der Waals surface area contributed by atoms with Gasteiger partial charge in [-0.1, -0.05) is 11.6 Å². The molecule has 0 atom stereocenters. The maximum Gasteiger partial charge on any atom is 0.247 e. The smallest absolute Gasteiger partial charge is 0.247 e. The molecule has 15 heavy (non-hydrogen) atoms. The molecule has 0 aromatic carbocycles. The first kappa shape index (κ1) is 11.4. The number of nitrogens with zero attached hydrogens (tertiary/aromatic N) is 1. The van der Waals surface area contributed by atoms with Crippen LogP contribution in [-0.2, 0) is 11.3 Å². The molecule has 1 aromatic rings. The minimum atomic E-state index is -0.0272. The highest BCUT2D eigenvalue weighted by molar-refractivity contribution is 5.93. The van der Waals surface area contributed by atoms with Crippen LogP contribution in [0.15, 0.2) is 35.5 Å². The molecule has 0 aliphatic carbocycles. The Kier molecular flexibility index (Phi) is 4.03. The summed E-state index contributed by atoms with van der Waals surface area (Å²) in [7, 11) is 0. The summed E-state index contributed by atoms with van der Waals surface area (Å²) in [6.07, 6.45) is 1.72. The molecule has 0 radical (unpaired) electrons. The fourth-order valence-electron chi connectivity index (χ4n) is 1.03. The van der Waals surface area contributed by atoms with Crippen LogP contribution in [0, 0.1) is 0 Å². The van der Waals surface area contributed by atoms with Crippen molar-refractivity contribution in [3.63, 3.8) is 0 Å². The Hall–Kier alpha value is -1.64.